The van der Waals surface area contributed by atoms with Gasteiger partial charge < -0.3 is 24.2 Å². The van der Waals surface area contributed by atoms with Gasteiger partial charge in [-0.25, -0.2) is 0 Å². The van der Waals surface area contributed by atoms with Gasteiger partial charge in [0.05, 0.1) is 18.2 Å². The van der Waals surface area contributed by atoms with Crippen LogP contribution in [0.4, 0.5) is 0 Å². The summed E-state index contributed by atoms with van der Waals surface area (Å²) in [5.41, 5.74) is 1.18. The van der Waals surface area contributed by atoms with Crippen LogP contribution >= 0.6 is 0 Å². The minimum absolute atomic E-state index is 0.0661. The highest BCUT2D eigenvalue weighted by Gasteiger charge is 2.45. The molecule has 0 aromatic heterocycles. The zero-order valence-corrected chi connectivity index (χ0v) is 18.3. The number of ether oxygens (including phenoxy) is 3. The molecule has 7 heteroatoms. The van der Waals surface area contributed by atoms with Crippen LogP contribution in [0.25, 0.3) is 5.76 Å². The van der Waals surface area contributed by atoms with Crippen LogP contribution in [0, 0.1) is 0 Å². The average Bonchev–Trinajstić information content (AvgIpc) is 3.07. The van der Waals surface area contributed by atoms with E-state index in [0.29, 0.717) is 54.7 Å². The Bertz CT molecular complexity index is 1060. The van der Waals surface area contributed by atoms with Crippen molar-refractivity contribution in [2.75, 3.05) is 26.4 Å². The first-order valence-electron chi connectivity index (χ1n) is 11.0. The van der Waals surface area contributed by atoms with Crippen molar-refractivity contribution >= 4 is 17.4 Å². The Morgan fingerprint density at radius 3 is 2.62 bits per heavy atom. The fraction of sp³-hybridized carbons (Fsp3) is 0.360. The van der Waals surface area contributed by atoms with Crippen LogP contribution in [0.1, 0.15) is 43.9 Å². The Labute approximate surface area is 187 Å². The summed E-state index contributed by atoms with van der Waals surface area (Å²) < 4.78 is 16.8. The molecule has 0 aliphatic carbocycles. The van der Waals surface area contributed by atoms with Crippen LogP contribution in [0.3, 0.4) is 0 Å². The second-order valence-electron chi connectivity index (χ2n) is 7.71. The van der Waals surface area contributed by atoms with Gasteiger partial charge >= 0.3 is 0 Å². The van der Waals surface area contributed by atoms with E-state index in [1.807, 2.05) is 38.1 Å². The molecule has 4 rings (SSSR count). The maximum atomic E-state index is 13.1. The summed E-state index contributed by atoms with van der Waals surface area (Å²) in [7, 11) is 0. The number of benzene rings is 2. The van der Waals surface area contributed by atoms with E-state index in [4.69, 9.17) is 14.2 Å². The molecule has 0 bridgehead atoms. The highest BCUT2D eigenvalue weighted by atomic mass is 16.6. The number of carbonyl (C=O) groups excluding carboxylic acids is 2. The zero-order chi connectivity index (χ0) is 22.7. The molecule has 0 radical (unpaired) electrons. The van der Waals surface area contributed by atoms with Crippen molar-refractivity contribution in [1.82, 2.24) is 4.90 Å². The van der Waals surface area contributed by atoms with Crippen molar-refractivity contribution in [3.8, 4) is 17.2 Å². The fourth-order valence-corrected chi connectivity index (χ4v) is 4.07. The molecule has 32 heavy (non-hydrogen) atoms. The molecule has 2 aliphatic heterocycles. The monoisotopic (exact) mass is 437 g/mol. The van der Waals surface area contributed by atoms with Gasteiger partial charge in [0.2, 0.25) is 0 Å². The maximum Gasteiger partial charge on any atom is 0.295 e. The van der Waals surface area contributed by atoms with Crippen LogP contribution in [0.2, 0.25) is 0 Å². The standard InChI is InChI=1S/C25H27NO6/c1-3-5-11-26-22(16-7-6-8-18(14-16)30-4-2)21(24(28)25(26)29)23(27)17-9-10-19-20(15-17)32-13-12-31-19/h6-10,14-15,22,27H,3-5,11-13H2,1-2H3/b23-21-. The van der Waals surface area contributed by atoms with Gasteiger partial charge in [0.15, 0.2) is 11.5 Å². The number of hydrogen-bond donors (Lipinski definition) is 1. The third kappa shape index (κ3) is 4.02. The molecule has 7 nitrogen and oxygen atoms in total. The van der Waals surface area contributed by atoms with Crippen LogP contribution in [0.5, 0.6) is 17.2 Å². The number of amides is 1. The third-order valence-electron chi connectivity index (χ3n) is 5.59. The van der Waals surface area contributed by atoms with Gasteiger partial charge in [0.1, 0.15) is 24.7 Å². The fourth-order valence-electron chi connectivity index (χ4n) is 4.07. The van der Waals surface area contributed by atoms with Gasteiger partial charge in [-0.05, 0) is 49.2 Å². The number of aliphatic hydroxyl groups is 1. The Morgan fingerprint density at radius 1 is 1.09 bits per heavy atom. The highest BCUT2D eigenvalue weighted by Crippen LogP contribution is 2.41. The second kappa shape index (κ2) is 9.34. The topological polar surface area (TPSA) is 85.3 Å². The maximum absolute atomic E-state index is 13.1. The largest absolute Gasteiger partial charge is 0.507 e. The van der Waals surface area contributed by atoms with E-state index < -0.39 is 17.7 Å². The number of fused-ring (bicyclic) bond motifs is 1. The Balaban J connectivity index is 1.82. The number of aliphatic hydroxyl groups excluding tert-OH is 1. The number of rotatable bonds is 7. The first-order valence-corrected chi connectivity index (χ1v) is 11.0. The SMILES string of the molecule is CCCCN1C(=O)C(=O)/C(=C(\O)c2ccc3c(c2)OCCO3)C1c1cccc(OCC)c1. The number of unbranched alkanes of at least 4 members (excludes halogenated alkanes) is 1. The van der Waals surface area contributed by atoms with Gasteiger partial charge in [-0.2, -0.15) is 0 Å². The minimum Gasteiger partial charge on any atom is -0.507 e. The van der Waals surface area contributed by atoms with Gasteiger partial charge in [-0.1, -0.05) is 25.5 Å². The van der Waals surface area contributed by atoms with Crippen LogP contribution in [0.15, 0.2) is 48.0 Å². The van der Waals surface area contributed by atoms with Gasteiger partial charge in [0.25, 0.3) is 11.7 Å². The molecule has 0 spiro atoms. The normalized spacial score (nSPS) is 19.3. The van der Waals surface area contributed by atoms with Crippen molar-refractivity contribution < 1.29 is 28.9 Å². The number of hydrogen-bond acceptors (Lipinski definition) is 6. The molecule has 1 N–H and O–H groups in total. The van der Waals surface area contributed by atoms with E-state index in [1.54, 1.807) is 23.1 Å². The van der Waals surface area contributed by atoms with E-state index in [2.05, 4.69) is 0 Å². The summed E-state index contributed by atoms with van der Waals surface area (Å²) in [6, 6.07) is 11.6. The number of nitrogens with zero attached hydrogens (tertiary/aromatic N) is 1. The van der Waals surface area contributed by atoms with Crippen LogP contribution in [-0.2, 0) is 9.59 Å². The molecule has 1 amide bonds. The van der Waals surface area contributed by atoms with Gasteiger partial charge in [-0.15, -0.1) is 0 Å². The van der Waals surface area contributed by atoms with Crippen molar-refractivity contribution in [2.24, 2.45) is 0 Å². The number of likely N-dealkylation sites (tertiary alicyclic amines) is 1. The molecule has 1 fully saturated rings. The predicted molar refractivity (Wildman–Crippen MR) is 119 cm³/mol. The highest BCUT2D eigenvalue weighted by molar-refractivity contribution is 6.46. The Hall–Kier alpha value is -3.48. The van der Waals surface area contributed by atoms with Crippen molar-refractivity contribution in [3.63, 3.8) is 0 Å². The predicted octanol–water partition coefficient (Wildman–Crippen LogP) is 4.08. The van der Waals surface area contributed by atoms with Crippen LogP contribution < -0.4 is 14.2 Å². The van der Waals surface area contributed by atoms with E-state index in [-0.39, 0.29) is 11.3 Å². The second-order valence-corrected chi connectivity index (χ2v) is 7.71. The third-order valence-corrected chi connectivity index (χ3v) is 5.59. The average molecular weight is 437 g/mol. The molecule has 2 aromatic carbocycles. The molecule has 168 valence electrons. The molecule has 2 heterocycles. The van der Waals surface area contributed by atoms with Gasteiger partial charge in [0, 0.05) is 12.1 Å². The van der Waals surface area contributed by atoms with Crippen molar-refractivity contribution in [2.45, 2.75) is 32.7 Å². The quantitative estimate of drug-likeness (QED) is 0.399. The molecule has 1 unspecified atom stereocenters. The van der Waals surface area contributed by atoms with E-state index in [1.165, 1.54) is 0 Å². The summed E-state index contributed by atoms with van der Waals surface area (Å²) >= 11 is 0. The number of carbonyl (C=O) groups is 2. The minimum atomic E-state index is -0.699. The molecule has 0 saturated carbocycles. The Morgan fingerprint density at radius 2 is 1.88 bits per heavy atom. The van der Waals surface area contributed by atoms with Crippen LogP contribution in [-0.4, -0.2) is 48.1 Å². The Kier molecular flexibility index (Phi) is 6.35. The lowest BCUT2D eigenvalue weighted by atomic mass is 9.95. The molecule has 1 saturated heterocycles. The molecular formula is C25H27NO6. The van der Waals surface area contributed by atoms with Crippen molar-refractivity contribution in [3.05, 3.63) is 59.2 Å². The number of Topliss-reactive ketones (excluding diaryl/α,β-unsaturated/α-hetero) is 1. The smallest absolute Gasteiger partial charge is 0.295 e. The lowest BCUT2D eigenvalue weighted by Gasteiger charge is -2.25. The number of ketones is 1. The van der Waals surface area contributed by atoms with Crippen molar-refractivity contribution in [1.29, 1.82) is 0 Å². The lowest BCUT2D eigenvalue weighted by molar-refractivity contribution is -0.139. The summed E-state index contributed by atoms with van der Waals surface area (Å²) in [6.07, 6.45) is 1.62. The molecular weight excluding hydrogens is 410 g/mol. The van der Waals surface area contributed by atoms with E-state index in [0.717, 1.165) is 12.8 Å². The lowest BCUT2D eigenvalue weighted by Crippen LogP contribution is -2.30. The first-order chi connectivity index (χ1) is 15.5. The summed E-state index contributed by atoms with van der Waals surface area (Å²) in [5, 5.41) is 11.2. The zero-order valence-electron chi connectivity index (χ0n) is 18.3. The van der Waals surface area contributed by atoms with E-state index in [9.17, 15) is 14.7 Å². The van der Waals surface area contributed by atoms with E-state index >= 15 is 0 Å². The van der Waals surface area contributed by atoms with Gasteiger partial charge in [-0.3, -0.25) is 9.59 Å². The molecule has 1 atom stereocenters. The summed E-state index contributed by atoms with van der Waals surface area (Å²) in [6.45, 7) is 5.69. The summed E-state index contributed by atoms with van der Waals surface area (Å²) in [5.74, 6) is 0.189. The summed E-state index contributed by atoms with van der Waals surface area (Å²) in [4.78, 5) is 27.6. The molecule has 2 aromatic rings. The first kappa shape index (κ1) is 21.7. The molecule has 2 aliphatic rings.